The summed E-state index contributed by atoms with van der Waals surface area (Å²) in [6, 6.07) is 11.8. The third kappa shape index (κ3) is 7.98. The zero-order valence-electron chi connectivity index (χ0n) is 29.5. The van der Waals surface area contributed by atoms with E-state index < -0.39 is 29.0 Å². The van der Waals surface area contributed by atoms with Gasteiger partial charge in [0.25, 0.3) is 5.91 Å². The Kier molecular flexibility index (Phi) is 10.3. The molecule has 3 aromatic heterocycles. The lowest BCUT2D eigenvalue weighted by atomic mass is 9.81. The predicted molar refractivity (Wildman–Crippen MR) is 188 cm³/mol. The van der Waals surface area contributed by atoms with Gasteiger partial charge in [0.2, 0.25) is 5.82 Å². The van der Waals surface area contributed by atoms with E-state index >= 15 is 0 Å². The first-order valence-corrected chi connectivity index (χ1v) is 16.5. The molecule has 1 aliphatic rings. The molecule has 1 aromatic carbocycles. The van der Waals surface area contributed by atoms with Crippen molar-refractivity contribution in [2.75, 3.05) is 38.6 Å². The Bertz CT molecular complexity index is 1910. The number of aromatic nitrogens is 5. The second-order valence-electron chi connectivity index (χ2n) is 14.4. The second-order valence-corrected chi connectivity index (χ2v) is 14.4. The molecule has 50 heavy (non-hydrogen) atoms. The van der Waals surface area contributed by atoms with Crippen LogP contribution in [0.5, 0.6) is 5.75 Å². The Balaban J connectivity index is 1.36. The van der Waals surface area contributed by atoms with Gasteiger partial charge in [-0.1, -0.05) is 65.8 Å². The van der Waals surface area contributed by atoms with Gasteiger partial charge in [0, 0.05) is 42.1 Å². The molecule has 4 N–H and O–H groups in total. The number of urea groups is 1. The van der Waals surface area contributed by atoms with Crippen LogP contribution in [-0.2, 0) is 21.2 Å². The van der Waals surface area contributed by atoms with Crippen molar-refractivity contribution in [2.45, 2.75) is 64.0 Å². The molecule has 3 amide bonds. The van der Waals surface area contributed by atoms with Gasteiger partial charge in [-0.15, -0.1) is 10.2 Å². The van der Waals surface area contributed by atoms with Gasteiger partial charge in [-0.25, -0.2) is 14.8 Å². The number of rotatable bonds is 11. The standard InChI is InChI=1S/C36H45N9O5/c1-34(2,3)27-20-28(39-30(38-27)31(48)37-16-17-44(7)18-19-46)40-33(49)41-36(22-47)15-14-26(24-10-8-9-11-25(24)36)50-23-12-13-29-42-43-32(35(4,5)6)45(29)21-23/h8-15,20-22,26,46H,16-19H2,1-7H3,(H,37,48)(H2,38,39,40,41,49)/t26-,36-/m1/s1. The van der Waals surface area contributed by atoms with Crippen LogP contribution in [0.4, 0.5) is 10.6 Å². The SMILES string of the molecule is CN(CCO)CCNC(=O)c1nc(NC(=O)N[C@@]2(C=O)C=C[C@@H](Oc3ccc4nnc(C(C)(C)C)n4c3)c3ccccc32)cc(C(C)(C)C)n1. The maximum absolute atomic E-state index is 13.5. The van der Waals surface area contributed by atoms with Crippen molar-refractivity contribution in [1.82, 2.24) is 40.1 Å². The summed E-state index contributed by atoms with van der Waals surface area (Å²) < 4.78 is 8.33. The molecule has 3 heterocycles. The first-order chi connectivity index (χ1) is 23.6. The maximum Gasteiger partial charge on any atom is 0.321 e. The van der Waals surface area contributed by atoms with E-state index in [1.54, 1.807) is 30.4 Å². The highest BCUT2D eigenvalue weighted by molar-refractivity contribution is 5.94. The van der Waals surface area contributed by atoms with Crippen LogP contribution in [0.3, 0.4) is 0 Å². The average Bonchev–Trinajstić information content (AvgIpc) is 3.50. The molecule has 1 aliphatic carbocycles. The van der Waals surface area contributed by atoms with Gasteiger partial charge < -0.3 is 25.4 Å². The smallest absolute Gasteiger partial charge is 0.321 e. The van der Waals surface area contributed by atoms with Crippen molar-refractivity contribution in [3.63, 3.8) is 0 Å². The summed E-state index contributed by atoms with van der Waals surface area (Å²) in [4.78, 5) is 50.0. The highest BCUT2D eigenvalue weighted by Crippen LogP contribution is 2.37. The van der Waals surface area contributed by atoms with Crippen molar-refractivity contribution in [3.05, 3.63) is 89.3 Å². The highest BCUT2D eigenvalue weighted by Gasteiger charge is 2.38. The van der Waals surface area contributed by atoms with Crippen LogP contribution in [0.25, 0.3) is 5.65 Å². The van der Waals surface area contributed by atoms with Gasteiger partial charge in [0.1, 0.15) is 29.0 Å². The normalized spacial score (nSPS) is 17.3. The van der Waals surface area contributed by atoms with E-state index in [-0.39, 0.29) is 23.7 Å². The zero-order chi connectivity index (χ0) is 36.3. The van der Waals surface area contributed by atoms with Crippen LogP contribution in [0, 0.1) is 0 Å². The molecule has 264 valence electrons. The number of aldehydes is 1. The van der Waals surface area contributed by atoms with E-state index in [1.165, 1.54) is 0 Å². The van der Waals surface area contributed by atoms with Crippen molar-refractivity contribution in [3.8, 4) is 5.75 Å². The number of nitrogens with zero attached hydrogens (tertiary/aromatic N) is 6. The molecule has 5 rings (SSSR count). The second kappa shape index (κ2) is 14.3. The molecule has 0 radical (unpaired) electrons. The van der Waals surface area contributed by atoms with Gasteiger partial charge in [0.05, 0.1) is 18.5 Å². The van der Waals surface area contributed by atoms with Crippen LogP contribution < -0.4 is 20.7 Å². The monoisotopic (exact) mass is 683 g/mol. The Labute approximate surface area is 291 Å². The number of ether oxygens (including phenoxy) is 1. The number of aliphatic hydroxyl groups excluding tert-OH is 1. The van der Waals surface area contributed by atoms with Crippen LogP contribution in [0.1, 0.15) is 80.9 Å². The lowest BCUT2D eigenvalue weighted by Gasteiger charge is -2.34. The van der Waals surface area contributed by atoms with Gasteiger partial charge in [0.15, 0.2) is 11.9 Å². The number of aliphatic hydroxyl groups is 1. The number of pyridine rings is 1. The number of hydrogen-bond donors (Lipinski definition) is 4. The molecular formula is C36H45N9O5. The fourth-order valence-electron chi connectivity index (χ4n) is 5.55. The largest absolute Gasteiger partial charge is 0.480 e. The van der Waals surface area contributed by atoms with Crippen LogP contribution in [0.15, 0.2) is 60.8 Å². The summed E-state index contributed by atoms with van der Waals surface area (Å²) in [5.74, 6) is 0.853. The molecule has 0 bridgehead atoms. The van der Waals surface area contributed by atoms with E-state index in [0.29, 0.717) is 54.1 Å². The number of hydrogen-bond acceptors (Lipinski definition) is 10. The first kappa shape index (κ1) is 36.1. The molecule has 14 heteroatoms. The summed E-state index contributed by atoms with van der Waals surface area (Å²) in [6.07, 6.45) is 5.30. The van der Waals surface area contributed by atoms with E-state index in [0.717, 1.165) is 5.82 Å². The number of carbonyl (C=O) groups is 3. The molecule has 2 atom stereocenters. The quantitative estimate of drug-likeness (QED) is 0.135. The Morgan fingerprint density at radius 2 is 1.80 bits per heavy atom. The number of likely N-dealkylation sites (N-methyl/N-ethyl adjacent to an activating group) is 1. The minimum absolute atomic E-state index is 0.0135. The molecule has 0 fully saturated rings. The Hall–Kier alpha value is -5.21. The van der Waals surface area contributed by atoms with E-state index in [2.05, 4.69) is 56.9 Å². The summed E-state index contributed by atoms with van der Waals surface area (Å²) in [5, 5.41) is 26.0. The number of anilines is 1. The lowest BCUT2D eigenvalue weighted by molar-refractivity contribution is -0.111. The summed E-state index contributed by atoms with van der Waals surface area (Å²) in [5.41, 5.74) is 0.258. The van der Waals surface area contributed by atoms with E-state index in [4.69, 9.17) is 9.84 Å². The van der Waals surface area contributed by atoms with Gasteiger partial charge in [-0.2, -0.15) is 0 Å². The molecule has 0 saturated carbocycles. The fourth-order valence-corrected chi connectivity index (χ4v) is 5.55. The van der Waals surface area contributed by atoms with Crippen LogP contribution >= 0.6 is 0 Å². The maximum atomic E-state index is 13.5. The Morgan fingerprint density at radius 3 is 2.50 bits per heavy atom. The minimum atomic E-state index is -1.52. The molecule has 0 aliphatic heterocycles. The fraction of sp³-hybridized carbons (Fsp3) is 0.417. The number of fused-ring (bicyclic) bond motifs is 2. The van der Waals surface area contributed by atoms with Crippen molar-refractivity contribution >= 4 is 29.7 Å². The Morgan fingerprint density at radius 1 is 1.04 bits per heavy atom. The number of carbonyl (C=O) groups excluding carboxylic acids is 3. The average molecular weight is 684 g/mol. The van der Waals surface area contributed by atoms with Crippen LogP contribution in [0.2, 0.25) is 0 Å². The summed E-state index contributed by atoms with van der Waals surface area (Å²) >= 11 is 0. The number of benzene rings is 1. The summed E-state index contributed by atoms with van der Waals surface area (Å²) in [7, 11) is 1.83. The van der Waals surface area contributed by atoms with E-state index in [1.807, 2.05) is 67.6 Å². The van der Waals surface area contributed by atoms with Crippen LogP contribution in [-0.4, -0.2) is 86.1 Å². The van der Waals surface area contributed by atoms with Crippen molar-refractivity contribution in [2.24, 2.45) is 0 Å². The number of nitrogens with one attached hydrogen (secondary N) is 3. The molecular weight excluding hydrogens is 638 g/mol. The van der Waals surface area contributed by atoms with Gasteiger partial charge >= 0.3 is 6.03 Å². The zero-order valence-corrected chi connectivity index (χ0v) is 29.5. The molecule has 0 saturated heterocycles. The molecule has 0 unspecified atom stereocenters. The highest BCUT2D eigenvalue weighted by atomic mass is 16.5. The minimum Gasteiger partial charge on any atom is -0.480 e. The van der Waals surface area contributed by atoms with Crippen molar-refractivity contribution in [1.29, 1.82) is 0 Å². The molecule has 4 aromatic rings. The van der Waals surface area contributed by atoms with Gasteiger partial charge in [-0.05, 0) is 36.9 Å². The third-order valence-electron chi connectivity index (χ3n) is 8.26. The summed E-state index contributed by atoms with van der Waals surface area (Å²) in [6.45, 7) is 13.3. The molecule has 0 spiro atoms. The van der Waals surface area contributed by atoms with Crippen molar-refractivity contribution < 1.29 is 24.2 Å². The van der Waals surface area contributed by atoms with E-state index in [9.17, 15) is 14.4 Å². The first-order valence-electron chi connectivity index (χ1n) is 16.5. The molecule has 14 nitrogen and oxygen atoms in total. The predicted octanol–water partition coefficient (Wildman–Crippen LogP) is 3.67. The third-order valence-corrected chi connectivity index (χ3v) is 8.26. The number of amides is 3. The van der Waals surface area contributed by atoms with Gasteiger partial charge in [-0.3, -0.25) is 19.3 Å². The topological polar surface area (TPSA) is 176 Å². The lowest BCUT2D eigenvalue weighted by Crippen LogP contribution is -2.49.